The van der Waals surface area contributed by atoms with Crippen molar-refractivity contribution in [1.82, 2.24) is 9.29 Å². The summed E-state index contributed by atoms with van der Waals surface area (Å²) in [5, 5.41) is 9.55. The number of rotatable bonds is 8. The summed E-state index contributed by atoms with van der Waals surface area (Å²) in [7, 11) is -3.68. The molecule has 3 aromatic rings. The van der Waals surface area contributed by atoms with E-state index in [0.717, 1.165) is 30.4 Å². The fraction of sp³-hybridized carbons (Fsp3) is 0.400. The molecule has 2 fully saturated rings. The first-order valence-corrected chi connectivity index (χ1v) is 14.8. The van der Waals surface area contributed by atoms with Crippen LogP contribution in [0.2, 0.25) is 0 Å². The molecular weight excluding hydrogens is 516 g/mol. The third-order valence-corrected chi connectivity index (χ3v) is 9.90. The van der Waals surface area contributed by atoms with E-state index in [1.807, 2.05) is 50.2 Å². The number of nitrogens with zero attached hydrogens (tertiary/aromatic N) is 2. The predicted molar refractivity (Wildman–Crippen MR) is 149 cm³/mol. The zero-order valence-electron chi connectivity index (χ0n) is 22.1. The molecule has 0 amide bonds. The molecule has 0 bridgehead atoms. The van der Waals surface area contributed by atoms with Gasteiger partial charge in [-0.05, 0) is 67.6 Å². The van der Waals surface area contributed by atoms with Crippen molar-refractivity contribution in [2.75, 3.05) is 13.2 Å². The molecule has 8 nitrogen and oxygen atoms in total. The molecule has 1 aromatic heterocycles. The number of ketones is 1. The summed E-state index contributed by atoms with van der Waals surface area (Å²) in [5.74, 6) is 0.758. The Morgan fingerprint density at radius 3 is 2.54 bits per heavy atom. The third-order valence-electron chi connectivity index (χ3n) is 7.93. The Balaban J connectivity index is 0.00000194. The van der Waals surface area contributed by atoms with Crippen molar-refractivity contribution in [1.29, 1.82) is 0 Å². The van der Waals surface area contributed by atoms with Crippen molar-refractivity contribution in [3.63, 3.8) is 0 Å². The highest BCUT2D eigenvalue weighted by molar-refractivity contribution is 7.89. The van der Waals surface area contributed by atoms with E-state index in [1.165, 1.54) is 4.31 Å². The summed E-state index contributed by atoms with van der Waals surface area (Å²) in [6.45, 7) is 3.95. The Labute approximate surface area is 231 Å². The average Bonchev–Trinajstić information content (AvgIpc) is 3.47. The molecule has 1 aliphatic carbocycles. The fourth-order valence-corrected chi connectivity index (χ4v) is 7.37. The Hall–Kier alpha value is -3.27. The number of ether oxygens (including phenoxy) is 2. The zero-order valence-corrected chi connectivity index (χ0v) is 22.9. The number of sulfonamides is 1. The summed E-state index contributed by atoms with van der Waals surface area (Å²) in [5.41, 5.74) is 2.53. The second kappa shape index (κ2) is 9.43. The summed E-state index contributed by atoms with van der Waals surface area (Å²) in [4.78, 5) is 18.4. The topological polar surface area (TPSA) is 106 Å². The molecule has 9 heteroatoms. The number of fused-ring (bicyclic) bond motifs is 1. The number of hydrogen-bond donors (Lipinski definition) is 1. The van der Waals surface area contributed by atoms with Gasteiger partial charge in [-0.2, -0.15) is 4.31 Å². The molecular formula is C30H36N2O6S. The minimum Gasteiger partial charge on any atom is -0.449 e. The minimum absolute atomic E-state index is 0. The standard InChI is InChI=1S/C30H32N2O6S.2H2/c1-29(2)37-26-13-10-21(17-27(26)38-29)30(14-15-30)28(34)18-22-5-3-7-25(31-22)20-8-11-24(12-9-20)39(35,36)32-16-4-6-23(32)19-33;;/h3,5,7-13,17,23,33H,4,6,14-16,18-19H2,1-2H3;2*1H/t23-;;/m1../s1. The van der Waals surface area contributed by atoms with Crippen molar-refractivity contribution >= 4 is 15.8 Å². The fourth-order valence-electron chi connectivity index (χ4n) is 5.69. The lowest BCUT2D eigenvalue weighted by molar-refractivity contribution is -0.120. The van der Waals surface area contributed by atoms with Gasteiger partial charge in [0, 0.05) is 47.0 Å². The SMILES string of the molecule is CC1(C)Oc2ccc(C3(C(=O)Cc4cccc(-c5ccc(S(=O)(=O)N6CCC[C@@H]6CO)cc5)n4)CC3)cc2O1.[HH].[HH]. The van der Waals surface area contributed by atoms with Crippen LogP contribution >= 0.6 is 0 Å². The van der Waals surface area contributed by atoms with Crippen molar-refractivity contribution in [2.45, 2.75) is 68.1 Å². The van der Waals surface area contributed by atoms with Crippen LogP contribution in [0.1, 0.15) is 53.6 Å². The van der Waals surface area contributed by atoms with Crippen molar-refractivity contribution in [3.05, 3.63) is 71.9 Å². The molecule has 6 rings (SSSR count). The van der Waals surface area contributed by atoms with Gasteiger partial charge < -0.3 is 14.6 Å². The number of aliphatic hydroxyl groups excluding tert-OH is 1. The molecule has 1 saturated heterocycles. The number of Topliss-reactive ketones (excluding diaryl/α,β-unsaturated/α-hetero) is 1. The van der Waals surface area contributed by atoms with Crippen LogP contribution in [0.3, 0.4) is 0 Å². The maximum atomic E-state index is 13.5. The highest BCUT2D eigenvalue weighted by atomic mass is 32.2. The zero-order chi connectivity index (χ0) is 27.4. The second-order valence-corrected chi connectivity index (χ2v) is 13.0. The van der Waals surface area contributed by atoms with E-state index in [2.05, 4.69) is 0 Å². The van der Waals surface area contributed by atoms with E-state index < -0.39 is 21.2 Å². The highest BCUT2D eigenvalue weighted by Gasteiger charge is 2.51. The molecule has 0 unspecified atom stereocenters. The van der Waals surface area contributed by atoms with Crippen molar-refractivity contribution in [3.8, 4) is 22.8 Å². The molecule has 2 aliphatic heterocycles. The highest BCUT2D eigenvalue weighted by Crippen LogP contribution is 2.52. The van der Waals surface area contributed by atoms with Gasteiger partial charge in [-0.3, -0.25) is 9.78 Å². The predicted octanol–water partition coefficient (Wildman–Crippen LogP) is 4.74. The van der Waals surface area contributed by atoms with Crippen LogP contribution in [-0.4, -0.2) is 53.6 Å². The largest absolute Gasteiger partial charge is 0.449 e. The van der Waals surface area contributed by atoms with Gasteiger partial charge in [-0.25, -0.2) is 8.42 Å². The molecule has 1 atom stereocenters. The second-order valence-electron chi connectivity index (χ2n) is 11.1. The van der Waals surface area contributed by atoms with Crippen LogP contribution in [-0.2, 0) is 26.7 Å². The van der Waals surface area contributed by atoms with Crippen LogP contribution in [0.5, 0.6) is 11.5 Å². The molecule has 0 radical (unpaired) electrons. The smallest absolute Gasteiger partial charge is 0.246 e. The summed E-state index contributed by atoms with van der Waals surface area (Å²) >= 11 is 0. The monoisotopic (exact) mass is 552 g/mol. The van der Waals surface area contributed by atoms with E-state index in [1.54, 1.807) is 24.3 Å². The number of benzene rings is 2. The summed E-state index contributed by atoms with van der Waals surface area (Å²) in [6.07, 6.45) is 3.19. The molecule has 2 aromatic carbocycles. The van der Waals surface area contributed by atoms with Gasteiger partial charge in [0.25, 0.3) is 0 Å². The lowest BCUT2D eigenvalue weighted by Gasteiger charge is -2.22. The lowest BCUT2D eigenvalue weighted by Crippen LogP contribution is -2.37. The van der Waals surface area contributed by atoms with Crippen LogP contribution in [0.15, 0.2) is 65.6 Å². The van der Waals surface area contributed by atoms with Gasteiger partial charge in [0.1, 0.15) is 5.78 Å². The van der Waals surface area contributed by atoms with E-state index in [0.29, 0.717) is 35.9 Å². The molecule has 3 aliphatic rings. The molecule has 1 N–H and O–H groups in total. The van der Waals surface area contributed by atoms with Gasteiger partial charge >= 0.3 is 0 Å². The Morgan fingerprint density at radius 2 is 1.82 bits per heavy atom. The van der Waals surface area contributed by atoms with E-state index in [4.69, 9.17) is 14.5 Å². The van der Waals surface area contributed by atoms with E-state index >= 15 is 0 Å². The molecule has 3 heterocycles. The first-order chi connectivity index (χ1) is 18.6. The Bertz CT molecular complexity index is 1540. The first kappa shape index (κ1) is 26.0. The summed E-state index contributed by atoms with van der Waals surface area (Å²) < 4.78 is 39.2. The Morgan fingerprint density at radius 1 is 1.08 bits per heavy atom. The summed E-state index contributed by atoms with van der Waals surface area (Å²) in [6, 6.07) is 17.6. The molecule has 0 spiro atoms. The number of carbonyl (C=O) groups is 1. The van der Waals surface area contributed by atoms with Crippen LogP contribution in [0.4, 0.5) is 0 Å². The van der Waals surface area contributed by atoms with Crippen molar-refractivity contribution in [2.24, 2.45) is 0 Å². The number of hydrogen-bond acceptors (Lipinski definition) is 7. The normalized spacial score (nSPS) is 21.2. The van der Waals surface area contributed by atoms with Crippen LogP contribution < -0.4 is 9.47 Å². The van der Waals surface area contributed by atoms with Crippen LogP contribution in [0, 0.1) is 0 Å². The van der Waals surface area contributed by atoms with Gasteiger partial charge in [0.05, 0.1) is 22.6 Å². The van der Waals surface area contributed by atoms with E-state index in [9.17, 15) is 18.3 Å². The van der Waals surface area contributed by atoms with E-state index in [-0.39, 0.29) is 32.6 Å². The van der Waals surface area contributed by atoms with Gasteiger partial charge in [-0.1, -0.05) is 24.3 Å². The molecule has 39 heavy (non-hydrogen) atoms. The third kappa shape index (κ3) is 4.73. The number of pyridine rings is 1. The minimum atomic E-state index is -3.68. The maximum absolute atomic E-state index is 13.5. The molecule has 208 valence electrons. The maximum Gasteiger partial charge on any atom is 0.246 e. The first-order valence-electron chi connectivity index (χ1n) is 13.4. The van der Waals surface area contributed by atoms with Gasteiger partial charge in [0.15, 0.2) is 11.5 Å². The number of aromatic nitrogens is 1. The quantitative estimate of drug-likeness (QED) is 0.430. The van der Waals surface area contributed by atoms with Gasteiger partial charge in [0.2, 0.25) is 15.8 Å². The number of aliphatic hydroxyl groups is 1. The van der Waals surface area contributed by atoms with Crippen LogP contribution in [0.25, 0.3) is 11.3 Å². The lowest BCUT2D eigenvalue weighted by atomic mass is 9.88. The molecule has 1 saturated carbocycles. The number of carbonyl (C=O) groups excluding carboxylic acids is 1. The van der Waals surface area contributed by atoms with Gasteiger partial charge in [-0.15, -0.1) is 0 Å². The average molecular weight is 553 g/mol. The Kier molecular flexibility index (Phi) is 6.28. The van der Waals surface area contributed by atoms with Crippen molar-refractivity contribution < 1.29 is 30.6 Å².